The number of hydrogen-bond acceptors (Lipinski definition) is 4. The number of anilines is 2. The Labute approximate surface area is 188 Å². The van der Waals surface area contributed by atoms with Gasteiger partial charge in [0.15, 0.2) is 0 Å². The number of aryl methyl sites for hydroxylation is 3. The first-order chi connectivity index (χ1) is 15.4. The van der Waals surface area contributed by atoms with Gasteiger partial charge in [0.25, 0.3) is 11.8 Å². The van der Waals surface area contributed by atoms with E-state index in [-0.39, 0.29) is 17.5 Å². The third-order valence-corrected chi connectivity index (χ3v) is 5.54. The largest absolute Gasteiger partial charge is 0.494 e. The molecule has 2 amide bonds. The molecule has 0 aromatic heterocycles. The molecule has 0 unspecified atom stereocenters. The van der Waals surface area contributed by atoms with Crippen LogP contribution >= 0.6 is 0 Å². The fourth-order valence-corrected chi connectivity index (χ4v) is 3.92. The van der Waals surface area contributed by atoms with Crippen LogP contribution in [0, 0.1) is 20.8 Å². The quantitative estimate of drug-likeness (QED) is 0.536. The van der Waals surface area contributed by atoms with Gasteiger partial charge in [0.1, 0.15) is 11.4 Å². The van der Waals surface area contributed by atoms with Gasteiger partial charge in [-0.3, -0.25) is 9.59 Å². The monoisotopic (exact) mass is 426 g/mol. The first-order valence-corrected chi connectivity index (χ1v) is 10.7. The van der Waals surface area contributed by atoms with Crippen molar-refractivity contribution < 1.29 is 14.3 Å². The van der Waals surface area contributed by atoms with Gasteiger partial charge in [0.05, 0.1) is 17.9 Å². The summed E-state index contributed by atoms with van der Waals surface area (Å²) in [5.41, 5.74) is 5.59. The molecule has 1 aliphatic rings. The van der Waals surface area contributed by atoms with Gasteiger partial charge in [-0.05, 0) is 68.7 Å². The van der Waals surface area contributed by atoms with Crippen LogP contribution in [0.25, 0.3) is 5.57 Å². The molecule has 1 aliphatic heterocycles. The second-order valence-electron chi connectivity index (χ2n) is 7.88. The fourth-order valence-electron chi connectivity index (χ4n) is 3.92. The lowest BCUT2D eigenvalue weighted by atomic mass is 10.0. The molecular formula is C27H26N2O3. The van der Waals surface area contributed by atoms with E-state index < -0.39 is 0 Å². The van der Waals surface area contributed by atoms with Gasteiger partial charge in [0.2, 0.25) is 0 Å². The van der Waals surface area contributed by atoms with Crippen LogP contribution in [0.3, 0.4) is 0 Å². The van der Waals surface area contributed by atoms with Crippen LogP contribution in [0.2, 0.25) is 0 Å². The number of carbonyl (C=O) groups is 2. The molecular weight excluding hydrogens is 400 g/mol. The minimum atomic E-state index is -0.367. The molecule has 0 aliphatic carbocycles. The fraction of sp³-hybridized carbons (Fsp3) is 0.185. The predicted octanol–water partition coefficient (Wildman–Crippen LogP) is 5.41. The molecule has 5 heteroatoms. The van der Waals surface area contributed by atoms with E-state index in [0.717, 1.165) is 22.4 Å². The summed E-state index contributed by atoms with van der Waals surface area (Å²) >= 11 is 0. The van der Waals surface area contributed by atoms with E-state index in [2.05, 4.69) is 5.32 Å². The Bertz CT molecular complexity index is 1230. The Morgan fingerprint density at radius 2 is 1.56 bits per heavy atom. The van der Waals surface area contributed by atoms with Gasteiger partial charge in [-0.25, -0.2) is 4.90 Å². The van der Waals surface area contributed by atoms with E-state index in [9.17, 15) is 9.59 Å². The highest BCUT2D eigenvalue weighted by Crippen LogP contribution is 2.36. The lowest BCUT2D eigenvalue weighted by molar-refractivity contribution is -0.120. The summed E-state index contributed by atoms with van der Waals surface area (Å²) in [6.45, 7) is 8.33. The van der Waals surface area contributed by atoms with Gasteiger partial charge in [-0.15, -0.1) is 0 Å². The van der Waals surface area contributed by atoms with Crippen LogP contribution in [-0.2, 0) is 9.59 Å². The number of carbonyl (C=O) groups excluding carboxylic acids is 2. The second-order valence-corrected chi connectivity index (χ2v) is 7.88. The number of imide groups is 1. The van der Waals surface area contributed by atoms with Crippen LogP contribution in [0.5, 0.6) is 5.75 Å². The Kier molecular flexibility index (Phi) is 5.82. The van der Waals surface area contributed by atoms with E-state index in [1.165, 1.54) is 4.90 Å². The van der Waals surface area contributed by atoms with Crippen molar-refractivity contribution >= 4 is 28.8 Å². The molecule has 1 N–H and O–H groups in total. The van der Waals surface area contributed by atoms with Crippen molar-refractivity contribution in [2.75, 3.05) is 16.8 Å². The molecule has 3 aromatic carbocycles. The van der Waals surface area contributed by atoms with Crippen LogP contribution < -0.4 is 15.0 Å². The van der Waals surface area contributed by atoms with Crippen LogP contribution in [-0.4, -0.2) is 18.4 Å². The van der Waals surface area contributed by atoms with E-state index >= 15 is 0 Å². The number of ether oxygens (including phenoxy) is 1. The van der Waals surface area contributed by atoms with Gasteiger partial charge in [0, 0.05) is 5.69 Å². The van der Waals surface area contributed by atoms with Crippen molar-refractivity contribution in [3.8, 4) is 5.75 Å². The summed E-state index contributed by atoms with van der Waals surface area (Å²) in [5.74, 6) is 0.00422. The van der Waals surface area contributed by atoms with E-state index in [0.29, 0.717) is 29.2 Å². The van der Waals surface area contributed by atoms with Crippen molar-refractivity contribution in [2.24, 2.45) is 0 Å². The van der Waals surface area contributed by atoms with Gasteiger partial charge in [-0.2, -0.15) is 0 Å². The Morgan fingerprint density at radius 3 is 2.22 bits per heavy atom. The summed E-state index contributed by atoms with van der Waals surface area (Å²) in [7, 11) is 0. The topological polar surface area (TPSA) is 58.6 Å². The Morgan fingerprint density at radius 1 is 0.844 bits per heavy atom. The highest BCUT2D eigenvalue weighted by Gasteiger charge is 2.40. The van der Waals surface area contributed by atoms with E-state index in [1.54, 1.807) is 0 Å². The van der Waals surface area contributed by atoms with Gasteiger partial charge in [-0.1, -0.05) is 48.0 Å². The smallest absolute Gasteiger partial charge is 0.282 e. The third-order valence-electron chi connectivity index (χ3n) is 5.54. The third kappa shape index (κ3) is 3.89. The first kappa shape index (κ1) is 21.4. The minimum absolute atomic E-state index is 0.272. The number of rotatable bonds is 6. The summed E-state index contributed by atoms with van der Waals surface area (Å²) in [6, 6.07) is 20.7. The Hall–Kier alpha value is -3.86. The normalized spacial score (nSPS) is 13.7. The second kappa shape index (κ2) is 8.71. The van der Waals surface area contributed by atoms with Crippen molar-refractivity contribution in [3.05, 3.63) is 94.7 Å². The molecule has 162 valence electrons. The molecule has 0 saturated heterocycles. The maximum atomic E-state index is 13.6. The lowest BCUT2D eigenvalue weighted by Gasteiger charge is -2.18. The highest BCUT2D eigenvalue weighted by molar-refractivity contribution is 6.46. The maximum absolute atomic E-state index is 13.6. The van der Waals surface area contributed by atoms with Gasteiger partial charge < -0.3 is 10.1 Å². The van der Waals surface area contributed by atoms with E-state index in [1.807, 2.05) is 94.4 Å². The molecule has 1 heterocycles. The maximum Gasteiger partial charge on any atom is 0.282 e. The van der Waals surface area contributed by atoms with Crippen molar-refractivity contribution in [3.63, 3.8) is 0 Å². The van der Waals surface area contributed by atoms with Crippen LogP contribution in [0.1, 0.15) is 29.2 Å². The van der Waals surface area contributed by atoms with Crippen LogP contribution in [0.4, 0.5) is 11.4 Å². The summed E-state index contributed by atoms with van der Waals surface area (Å²) in [5, 5.41) is 3.24. The summed E-state index contributed by atoms with van der Waals surface area (Å²) < 4.78 is 5.53. The lowest BCUT2D eigenvalue weighted by Crippen LogP contribution is -2.33. The summed E-state index contributed by atoms with van der Waals surface area (Å²) in [6.07, 6.45) is 0. The average Bonchev–Trinajstić information content (AvgIpc) is 3.00. The molecule has 32 heavy (non-hydrogen) atoms. The molecule has 4 rings (SSSR count). The van der Waals surface area contributed by atoms with E-state index in [4.69, 9.17) is 4.74 Å². The predicted molar refractivity (Wildman–Crippen MR) is 128 cm³/mol. The zero-order valence-corrected chi connectivity index (χ0v) is 18.7. The van der Waals surface area contributed by atoms with Crippen LogP contribution in [0.15, 0.2) is 72.4 Å². The average molecular weight is 427 g/mol. The number of hydrogen-bond donors (Lipinski definition) is 1. The zero-order chi connectivity index (χ0) is 22.8. The SMILES string of the molecule is CCOc1ccc(C2=C(Nc3ccccc3C)C(=O)N(c3ccc(C)cc3C)C2=O)cc1. The summed E-state index contributed by atoms with van der Waals surface area (Å²) in [4.78, 5) is 28.5. The van der Waals surface area contributed by atoms with Crippen molar-refractivity contribution in [1.82, 2.24) is 0 Å². The Balaban J connectivity index is 1.83. The number of benzene rings is 3. The molecule has 0 fully saturated rings. The standard InChI is InChI=1S/C27H26N2O3/c1-5-32-21-13-11-20(12-14-21)24-25(28-22-9-7-6-8-18(22)3)27(31)29(26(24)30)23-15-10-17(2)16-19(23)4/h6-16,28H,5H2,1-4H3. The molecule has 3 aromatic rings. The zero-order valence-electron chi connectivity index (χ0n) is 18.7. The van der Waals surface area contributed by atoms with Crippen molar-refractivity contribution in [1.29, 1.82) is 0 Å². The molecule has 0 saturated carbocycles. The number of amides is 2. The highest BCUT2D eigenvalue weighted by atomic mass is 16.5. The molecule has 0 bridgehead atoms. The number of para-hydroxylation sites is 1. The van der Waals surface area contributed by atoms with Gasteiger partial charge >= 0.3 is 0 Å². The molecule has 0 radical (unpaired) electrons. The minimum Gasteiger partial charge on any atom is -0.494 e. The number of nitrogens with one attached hydrogen (secondary N) is 1. The van der Waals surface area contributed by atoms with Crippen molar-refractivity contribution in [2.45, 2.75) is 27.7 Å². The number of nitrogens with zero attached hydrogens (tertiary/aromatic N) is 1. The molecule has 0 atom stereocenters. The molecule has 0 spiro atoms. The molecule has 5 nitrogen and oxygen atoms in total. The first-order valence-electron chi connectivity index (χ1n) is 10.7.